The molecule has 3 rings (SSSR count). The number of aliphatic carboxylic acids is 1. The van der Waals surface area contributed by atoms with Crippen molar-refractivity contribution in [2.24, 2.45) is 11.7 Å². The lowest BCUT2D eigenvalue weighted by Gasteiger charge is -2.24. The summed E-state index contributed by atoms with van der Waals surface area (Å²) in [6.07, 6.45) is -0.354. The smallest absolute Gasteiger partial charge is 0.326 e. The molecule has 39 heavy (non-hydrogen) atoms. The van der Waals surface area contributed by atoms with Crippen LogP contribution in [0, 0.1) is 23.4 Å². The first-order valence-electron chi connectivity index (χ1n) is 12.1. The zero-order chi connectivity index (χ0) is 28.0. The highest BCUT2D eigenvalue weighted by Crippen LogP contribution is 2.25. The number of carboxylic acid groups (broad SMARTS) is 1. The summed E-state index contributed by atoms with van der Waals surface area (Å²) in [6.45, 7) is 4.17. The fourth-order valence-electron chi connectivity index (χ4n) is 4.05. The fraction of sp³-hybridized carbons (Fsp3) is 0.423. The number of carbonyl (C=O) groups excluding carboxylic acids is 2. The van der Waals surface area contributed by atoms with Crippen LogP contribution in [0.25, 0.3) is 0 Å². The van der Waals surface area contributed by atoms with Crippen molar-refractivity contribution in [2.45, 2.75) is 50.7 Å². The maximum atomic E-state index is 13.9. The third-order valence-electron chi connectivity index (χ3n) is 6.12. The van der Waals surface area contributed by atoms with Gasteiger partial charge in [-0.3, -0.25) is 9.59 Å². The Labute approximate surface area is 235 Å². The van der Waals surface area contributed by atoms with E-state index in [4.69, 9.17) is 5.73 Å². The van der Waals surface area contributed by atoms with E-state index >= 15 is 0 Å². The van der Waals surface area contributed by atoms with Gasteiger partial charge in [0.2, 0.25) is 5.91 Å². The van der Waals surface area contributed by atoms with Gasteiger partial charge in [0.15, 0.2) is 17.0 Å². The van der Waals surface area contributed by atoms with Crippen LogP contribution >= 0.6 is 24.2 Å². The van der Waals surface area contributed by atoms with E-state index in [0.717, 1.165) is 11.6 Å². The number of benzene rings is 2. The molecule has 0 spiro atoms. The average molecular weight is 589 g/mol. The molecule has 214 valence electrons. The Morgan fingerprint density at radius 1 is 1.10 bits per heavy atom. The van der Waals surface area contributed by atoms with Crippen LogP contribution in [0.3, 0.4) is 0 Å². The number of thioether (sulfide) groups is 1. The van der Waals surface area contributed by atoms with Crippen LogP contribution in [0.1, 0.15) is 31.4 Å². The lowest BCUT2D eigenvalue weighted by molar-refractivity contribution is -0.138. The van der Waals surface area contributed by atoms with E-state index in [1.807, 2.05) is 13.8 Å². The molecular formula is C26H32ClF3N4O4S. The Morgan fingerprint density at radius 3 is 2.36 bits per heavy atom. The minimum Gasteiger partial charge on any atom is -0.480 e. The van der Waals surface area contributed by atoms with Gasteiger partial charge in [0.05, 0.1) is 0 Å². The van der Waals surface area contributed by atoms with Crippen molar-refractivity contribution in [1.29, 1.82) is 0 Å². The normalized spacial score (nSPS) is 16.4. The van der Waals surface area contributed by atoms with Crippen LogP contribution in [-0.2, 0) is 27.3 Å². The molecular weight excluding hydrogens is 557 g/mol. The van der Waals surface area contributed by atoms with Crippen molar-refractivity contribution >= 4 is 47.6 Å². The SMILES string of the molecule is CC(C)[C@@H](Nc1ccc(CNC(=O)[C@@H]2SCCN2C(=O)C[C@H](N)Cc2cc(F)c(F)cc2F)cc1)C(=O)O.Cl. The molecule has 2 aromatic carbocycles. The van der Waals surface area contributed by atoms with Crippen LogP contribution < -0.4 is 16.4 Å². The molecule has 1 saturated heterocycles. The van der Waals surface area contributed by atoms with Gasteiger partial charge in [-0.25, -0.2) is 18.0 Å². The predicted octanol–water partition coefficient (Wildman–Crippen LogP) is 3.52. The zero-order valence-electron chi connectivity index (χ0n) is 21.5. The van der Waals surface area contributed by atoms with E-state index < -0.39 is 40.9 Å². The summed E-state index contributed by atoms with van der Waals surface area (Å²) >= 11 is 1.31. The molecule has 2 aromatic rings. The number of nitrogens with zero attached hydrogens (tertiary/aromatic N) is 1. The summed E-state index contributed by atoms with van der Waals surface area (Å²) < 4.78 is 40.5. The molecule has 13 heteroatoms. The first-order chi connectivity index (χ1) is 18.0. The van der Waals surface area contributed by atoms with Gasteiger partial charge in [-0.05, 0) is 41.7 Å². The van der Waals surface area contributed by atoms with Crippen LogP contribution in [-0.4, -0.2) is 57.5 Å². The molecule has 0 unspecified atom stereocenters. The van der Waals surface area contributed by atoms with E-state index in [9.17, 15) is 32.7 Å². The molecule has 0 aliphatic carbocycles. The molecule has 1 heterocycles. The number of hydrogen-bond donors (Lipinski definition) is 4. The molecule has 2 amide bonds. The Hall–Kier alpha value is -2.96. The number of carbonyl (C=O) groups is 3. The Balaban J connectivity index is 0.00000533. The molecule has 0 radical (unpaired) electrons. The third-order valence-corrected chi connectivity index (χ3v) is 7.32. The number of hydrogen-bond acceptors (Lipinski definition) is 6. The van der Waals surface area contributed by atoms with Gasteiger partial charge in [-0.15, -0.1) is 24.2 Å². The van der Waals surface area contributed by atoms with Crippen molar-refractivity contribution in [2.75, 3.05) is 17.6 Å². The second kappa shape index (κ2) is 14.4. The molecule has 0 saturated carbocycles. The van der Waals surface area contributed by atoms with Gasteiger partial charge in [0.1, 0.15) is 11.9 Å². The minimum absolute atomic E-state index is 0. The molecule has 1 aliphatic heterocycles. The lowest BCUT2D eigenvalue weighted by Crippen LogP contribution is -2.46. The van der Waals surface area contributed by atoms with Crippen molar-refractivity contribution in [3.63, 3.8) is 0 Å². The van der Waals surface area contributed by atoms with E-state index in [0.29, 0.717) is 24.1 Å². The highest BCUT2D eigenvalue weighted by Gasteiger charge is 2.35. The number of nitrogens with two attached hydrogens (primary N) is 1. The lowest BCUT2D eigenvalue weighted by atomic mass is 10.0. The van der Waals surface area contributed by atoms with Crippen LogP contribution in [0.15, 0.2) is 36.4 Å². The van der Waals surface area contributed by atoms with Gasteiger partial charge < -0.3 is 26.4 Å². The quantitative estimate of drug-likeness (QED) is 0.296. The molecule has 1 aliphatic rings. The maximum absolute atomic E-state index is 13.9. The molecule has 8 nitrogen and oxygen atoms in total. The summed E-state index contributed by atoms with van der Waals surface area (Å²) in [5.41, 5.74) is 7.29. The highest BCUT2D eigenvalue weighted by atomic mass is 35.5. The summed E-state index contributed by atoms with van der Waals surface area (Å²) in [7, 11) is 0. The highest BCUT2D eigenvalue weighted by molar-refractivity contribution is 8.00. The first kappa shape index (κ1) is 32.3. The average Bonchev–Trinajstić information content (AvgIpc) is 3.35. The maximum Gasteiger partial charge on any atom is 0.326 e. The second-order valence-electron chi connectivity index (χ2n) is 9.46. The first-order valence-corrected chi connectivity index (χ1v) is 13.2. The van der Waals surface area contributed by atoms with Gasteiger partial charge in [0, 0.05) is 43.1 Å². The van der Waals surface area contributed by atoms with Gasteiger partial charge >= 0.3 is 5.97 Å². The number of nitrogens with one attached hydrogen (secondary N) is 2. The number of halogens is 4. The molecule has 3 atom stereocenters. The Morgan fingerprint density at radius 2 is 1.74 bits per heavy atom. The third kappa shape index (κ3) is 8.77. The predicted molar refractivity (Wildman–Crippen MR) is 146 cm³/mol. The van der Waals surface area contributed by atoms with Gasteiger partial charge in [-0.1, -0.05) is 26.0 Å². The summed E-state index contributed by atoms with van der Waals surface area (Å²) in [6, 6.07) is 6.60. The van der Waals surface area contributed by atoms with Crippen molar-refractivity contribution in [1.82, 2.24) is 10.2 Å². The van der Waals surface area contributed by atoms with E-state index in [1.54, 1.807) is 24.3 Å². The fourth-order valence-corrected chi connectivity index (χ4v) is 5.21. The summed E-state index contributed by atoms with van der Waals surface area (Å²) in [4.78, 5) is 38.5. The largest absolute Gasteiger partial charge is 0.480 e. The van der Waals surface area contributed by atoms with E-state index in [1.165, 1.54) is 16.7 Å². The second-order valence-corrected chi connectivity index (χ2v) is 10.6. The monoisotopic (exact) mass is 588 g/mol. The zero-order valence-corrected chi connectivity index (χ0v) is 23.1. The molecule has 1 fully saturated rings. The Bertz CT molecular complexity index is 1170. The van der Waals surface area contributed by atoms with Gasteiger partial charge in [0.25, 0.3) is 5.91 Å². The van der Waals surface area contributed by atoms with Crippen molar-refractivity contribution < 1.29 is 32.7 Å². The number of amides is 2. The van der Waals surface area contributed by atoms with Crippen LogP contribution in [0.2, 0.25) is 0 Å². The summed E-state index contributed by atoms with van der Waals surface area (Å²) in [5.74, 6) is -4.68. The van der Waals surface area contributed by atoms with Crippen LogP contribution in [0.5, 0.6) is 0 Å². The molecule has 5 N–H and O–H groups in total. The number of rotatable bonds is 11. The minimum atomic E-state index is -1.30. The van der Waals surface area contributed by atoms with Crippen molar-refractivity contribution in [3.8, 4) is 0 Å². The van der Waals surface area contributed by atoms with Crippen LogP contribution in [0.4, 0.5) is 18.9 Å². The summed E-state index contributed by atoms with van der Waals surface area (Å²) in [5, 5.41) is 14.4. The number of anilines is 1. The number of carboxylic acids is 1. The standard InChI is InChI=1S/C26H31F3N4O4S.ClH/c1-14(2)23(26(36)37)32-18-5-3-15(4-6-18)13-31-24(35)25-33(7-8-38-25)22(34)11-17(30)9-16-10-20(28)21(29)12-19(16)27;/h3-6,10,12,14,17,23,25,32H,7-9,11,13,30H2,1-2H3,(H,31,35)(H,36,37);1H/t17-,23-,25+;/m1./s1. The van der Waals surface area contributed by atoms with Crippen molar-refractivity contribution in [3.05, 3.63) is 65.0 Å². The van der Waals surface area contributed by atoms with E-state index in [-0.39, 0.29) is 55.1 Å². The van der Waals surface area contributed by atoms with E-state index in [2.05, 4.69) is 10.6 Å². The topological polar surface area (TPSA) is 125 Å². The Kier molecular flexibility index (Phi) is 11.9. The van der Waals surface area contributed by atoms with Gasteiger partial charge in [-0.2, -0.15) is 0 Å². The molecule has 0 aromatic heterocycles. The molecule has 0 bridgehead atoms.